The van der Waals surface area contributed by atoms with Gasteiger partial charge in [-0.1, -0.05) is 25.5 Å². The van der Waals surface area contributed by atoms with Gasteiger partial charge in [0.15, 0.2) is 0 Å². The first kappa shape index (κ1) is 22.4. The third kappa shape index (κ3) is 5.13. The van der Waals surface area contributed by atoms with Crippen molar-refractivity contribution in [3.05, 3.63) is 11.6 Å². The van der Waals surface area contributed by atoms with Crippen molar-refractivity contribution in [1.29, 1.82) is 0 Å². The summed E-state index contributed by atoms with van der Waals surface area (Å²) in [6, 6.07) is 0. The Morgan fingerprint density at radius 3 is 2.14 bits per heavy atom. The number of fused-ring (bicyclic) bond motifs is 1. The molecule has 1 aliphatic carbocycles. The van der Waals surface area contributed by atoms with Crippen molar-refractivity contribution in [2.24, 2.45) is 11.8 Å². The van der Waals surface area contributed by atoms with Crippen molar-refractivity contribution in [2.45, 2.75) is 91.3 Å². The molecule has 0 amide bonds. The van der Waals surface area contributed by atoms with Gasteiger partial charge in [0.1, 0.15) is 30.0 Å². The molecule has 7 nitrogen and oxygen atoms in total. The van der Waals surface area contributed by atoms with Gasteiger partial charge in [0.05, 0.1) is 0 Å². The van der Waals surface area contributed by atoms with Crippen LogP contribution in [0.2, 0.25) is 0 Å². The molecule has 0 radical (unpaired) electrons. The lowest BCUT2D eigenvalue weighted by Crippen LogP contribution is -2.47. The zero-order valence-electron chi connectivity index (χ0n) is 17.8. The highest BCUT2D eigenvalue weighted by molar-refractivity contribution is 5.67. The monoisotopic (exact) mass is 396 g/mol. The van der Waals surface area contributed by atoms with Gasteiger partial charge in [-0.2, -0.15) is 0 Å². The molecule has 0 spiro atoms. The SMILES string of the molecule is CC(=O)O[C@@H]1[C@H](C(C)C)[C@@H](OC(C)=O)C/C(C)=C/C[C@H](OC(C)=O)[C@]2(C)O[C@H]12. The molecular weight excluding hydrogens is 364 g/mol. The van der Waals surface area contributed by atoms with Crippen molar-refractivity contribution in [3.63, 3.8) is 0 Å². The predicted molar refractivity (Wildman–Crippen MR) is 101 cm³/mol. The largest absolute Gasteiger partial charge is 0.462 e. The van der Waals surface area contributed by atoms with E-state index in [2.05, 4.69) is 0 Å². The van der Waals surface area contributed by atoms with Gasteiger partial charge in [-0.3, -0.25) is 14.4 Å². The van der Waals surface area contributed by atoms with Crippen LogP contribution in [0.1, 0.15) is 61.3 Å². The highest BCUT2D eigenvalue weighted by Crippen LogP contribution is 2.49. The van der Waals surface area contributed by atoms with E-state index in [0.717, 1.165) is 5.57 Å². The zero-order chi connectivity index (χ0) is 21.2. The smallest absolute Gasteiger partial charge is 0.303 e. The van der Waals surface area contributed by atoms with E-state index in [9.17, 15) is 14.4 Å². The van der Waals surface area contributed by atoms with E-state index in [1.54, 1.807) is 0 Å². The summed E-state index contributed by atoms with van der Waals surface area (Å²) in [5, 5.41) is 0. The predicted octanol–water partition coefficient (Wildman–Crippen LogP) is 2.95. The van der Waals surface area contributed by atoms with Crippen LogP contribution in [0.5, 0.6) is 0 Å². The van der Waals surface area contributed by atoms with E-state index in [1.807, 2.05) is 33.8 Å². The van der Waals surface area contributed by atoms with Gasteiger partial charge in [0.25, 0.3) is 0 Å². The number of hydrogen-bond acceptors (Lipinski definition) is 7. The summed E-state index contributed by atoms with van der Waals surface area (Å²) < 4.78 is 22.9. The van der Waals surface area contributed by atoms with Crippen molar-refractivity contribution in [1.82, 2.24) is 0 Å². The van der Waals surface area contributed by atoms with E-state index >= 15 is 0 Å². The van der Waals surface area contributed by atoms with E-state index in [1.165, 1.54) is 20.8 Å². The molecule has 1 fully saturated rings. The number of ether oxygens (including phenoxy) is 4. The Hall–Kier alpha value is -1.89. The van der Waals surface area contributed by atoms with Crippen molar-refractivity contribution in [3.8, 4) is 0 Å². The summed E-state index contributed by atoms with van der Waals surface area (Å²) in [7, 11) is 0. The van der Waals surface area contributed by atoms with Gasteiger partial charge in [-0.15, -0.1) is 0 Å². The second-order valence-corrected chi connectivity index (χ2v) is 8.35. The van der Waals surface area contributed by atoms with Crippen LogP contribution in [0.25, 0.3) is 0 Å². The lowest BCUT2D eigenvalue weighted by atomic mass is 9.77. The molecule has 0 aromatic rings. The third-order valence-corrected chi connectivity index (χ3v) is 5.54. The third-order valence-electron chi connectivity index (χ3n) is 5.54. The van der Waals surface area contributed by atoms with E-state index in [-0.39, 0.29) is 23.8 Å². The molecule has 158 valence electrons. The lowest BCUT2D eigenvalue weighted by Gasteiger charge is -2.36. The Labute approximate surface area is 166 Å². The molecule has 2 rings (SSSR count). The van der Waals surface area contributed by atoms with Gasteiger partial charge in [0, 0.05) is 39.5 Å². The summed E-state index contributed by atoms with van der Waals surface area (Å²) in [6.45, 7) is 11.9. The lowest BCUT2D eigenvalue weighted by molar-refractivity contribution is -0.163. The van der Waals surface area contributed by atoms with Crippen LogP contribution in [0.4, 0.5) is 0 Å². The molecule has 0 aromatic carbocycles. The van der Waals surface area contributed by atoms with Crippen molar-refractivity contribution in [2.75, 3.05) is 0 Å². The van der Waals surface area contributed by atoms with E-state index in [0.29, 0.717) is 12.8 Å². The number of carbonyl (C=O) groups excluding carboxylic acids is 3. The highest BCUT2D eigenvalue weighted by Gasteiger charge is 2.65. The number of hydrogen-bond donors (Lipinski definition) is 0. The topological polar surface area (TPSA) is 91.4 Å². The van der Waals surface area contributed by atoms with Crippen LogP contribution >= 0.6 is 0 Å². The second-order valence-electron chi connectivity index (χ2n) is 8.35. The first-order valence-electron chi connectivity index (χ1n) is 9.80. The van der Waals surface area contributed by atoms with Gasteiger partial charge >= 0.3 is 17.9 Å². The van der Waals surface area contributed by atoms with Crippen molar-refractivity contribution < 1.29 is 33.3 Å². The van der Waals surface area contributed by atoms with Gasteiger partial charge < -0.3 is 18.9 Å². The van der Waals surface area contributed by atoms with Crippen LogP contribution in [-0.2, 0) is 33.3 Å². The summed E-state index contributed by atoms with van der Waals surface area (Å²) >= 11 is 0. The average molecular weight is 396 g/mol. The van der Waals surface area contributed by atoms with Crippen molar-refractivity contribution >= 4 is 17.9 Å². The van der Waals surface area contributed by atoms with Gasteiger partial charge in [-0.25, -0.2) is 0 Å². The number of epoxide rings is 1. The molecule has 1 aliphatic heterocycles. The maximum absolute atomic E-state index is 11.9. The molecule has 2 aliphatic rings. The molecular formula is C21H32O7. The Bertz CT molecular complexity index is 653. The van der Waals surface area contributed by atoms with Crippen LogP contribution in [0.15, 0.2) is 11.6 Å². The standard InChI is InChI=1S/C21H32O7/c1-11(2)18-16(25-13(4)22)10-12(3)8-9-17(26-14(5)23)21(7)20(28-21)19(18)27-15(6)24/h8,11,16-20H,9-10H2,1-7H3/b12-8+/t16-,17-,18+,19+,20+,21-/m0/s1. The zero-order valence-corrected chi connectivity index (χ0v) is 17.8. The molecule has 0 aromatic heterocycles. The van der Waals surface area contributed by atoms with Crippen LogP contribution in [-0.4, -0.2) is 47.9 Å². The Kier molecular flexibility index (Phi) is 6.91. The minimum absolute atomic E-state index is 0.0570. The summed E-state index contributed by atoms with van der Waals surface area (Å²) in [4.78, 5) is 35.2. The minimum Gasteiger partial charge on any atom is -0.462 e. The molecule has 1 saturated heterocycles. The second kappa shape index (κ2) is 8.64. The Morgan fingerprint density at radius 2 is 1.64 bits per heavy atom. The first-order valence-corrected chi connectivity index (χ1v) is 9.80. The average Bonchev–Trinajstić information content (AvgIpc) is 3.21. The molecule has 0 saturated carbocycles. The van der Waals surface area contributed by atoms with Crippen LogP contribution in [0, 0.1) is 11.8 Å². The molecule has 1 heterocycles. The molecule has 7 heteroatoms. The molecule has 6 atom stereocenters. The molecule has 0 N–H and O–H groups in total. The number of carbonyl (C=O) groups is 3. The summed E-state index contributed by atoms with van der Waals surface area (Å²) in [6.07, 6.45) is 0.991. The Balaban J connectivity index is 2.49. The quantitative estimate of drug-likeness (QED) is 0.312. The number of esters is 3. The van der Waals surface area contributed by atoms with E-state index < -0.39 is 36.0 Å². The fourth-order valence-electron chi connectivity index (χ4n) is 4.22. The maximum atomic E-state index is 11.9. The molecule has 0 unspecified atom stereocenters. The maximum Gasteiger partial charge on any atom is 0.303 e. The fourth-order valence-corrected chi connectivity index (χ4v) is 4.22. The minimum atomic E-state index is -0.770. The summed E-state index contributed by atoms with van der Waals surface area (Å²) in [5.41, 5.74) is 0.242. The van der Waals surface area contributed by atoms with Gasteiger partial charge in [0.2, 0.25) is 0 Å². The van der Waals surface area contributed by atoms with Crippen LogP contribution in [0.3, 0.4) is 0 Å². The van der Waals surface area contributed by atoms with E-state index in [4.69, 9.17) is 18.9 Å². The van der Waals surface area contributed by atoms with Gasteiger partial charge in [-0.05, 0) is 19.8 Å². The molecule has 0 bridgehead atoms. The normalized spacial score (nSPS) is 37.1. The molecule has 28 heavy (non-hydrogen) atoms. The first-order chi connectivity index (χ1) is 13.0. The number of rotatable bonds is 4. The summed E-state index contributed by atoms with van der Waals surface area (Å²) in [5.74, 6) is -1.39. The van der Waals surface area contributed by atoms with Crippen LogP contribution < -0.4 is 0 Å². The Morgan fingerprint density at radius 1 is 1.07 bits per heavy atom. The fraction of sp³-hybridized carbons (Fsp3) is 0.762. The highest BCUT2D eigenvalue weighted by atomic mass is 16.7.